The lowest BCUT2D eigenvalue weighted by Crippen LogP contribution is -2.68. The van der Waals surface area contributed by atoms with E-state index in [0.29, 0.717) is 18.9 Å². The average Bonchev–Trinajstić information content (AvgIpc) is 3.37. The molecule has 34 heavy (non-hydrogen) atoms. The Kier molecular flexibility index (Phi) is 7.27. The average molecular weight is 458 g/mol. The smallest absolute Gasteiger partial charge is 0.227 e. The molecule has 2 aliphatic heterocycles. The minimum Gasteiger partial charge on any atom is -0.395 e. The number of fused-ring (bicyclic) bond motifs is 1. The second-order valence-electron chi connectivity index (χ2n) is 10.0. The summed E-state index contributed by atoms with van der Waals surface area (Å²) in [6.45, 7) is 2.65. The van der Waals surface area contributed by atoms with Crippen molar-refractivity contribution in [3.05, 3.63) is 65.5 Å². The van der Waals surface area contributed by atoms with Gasteiger partial charge in [-0.25, -0.2) is 0 Å². The van der Waals surface area contributed by atoms with Gasteiger partial charge in [0, 0.05) is 55.0 Å². The number of hydrogen-bond acceptors (Lipinski definition) is 4. The minimum absolute atomic E-state index is 0.119. The predicted molar refractivity (Wildman–Crippen MR) is 133 cm³/mol. The van der Waals surface area contributed by atoms with Crippen LogP contribution in [0.1, 0.15) is 61.1 Å². The Bertz CT molecular complexity index is 1020. The summed E-state index contributed by atoms with van der Waals surface area (Å²) in [5.41, 5.74) is 3.27. The van der Waals surface area contributed by atoms with E-state index in [1.165, 1.54) is 31.2 Å². The molecule has 3 aliphatic rings. The molecule has 3 fully saturated rings. The SMILES string of the molecule is O=C(Cc1cccnc1)N1CCCCN2[C@H](C1)[C@@H](c1ccc(C#CC3CCCC3)cc1)[C@@H]2CO. The van der Waals surface area contributed by atoms with Gasteiger partial charge in [0.25, 0.3) is 0 Å². The lowest BCUT2D eigenvalue weighted by atomic mass is 9.74. The first-order chi connectivity index (χ1) is 16.7. The topological polar surface area (TPSA) is 56.7 Å². The molecule has 0 spiro atoms. The second-order valence-corrected chi connectivity index (χ2v) is 10.0. The number of aromatic nitrogens is 1. The van der Waals surface area contributed by atoms with Crippen molar-refractivity contribution in [2.24, 2.45) is 5.92 Å². The van der Waals surface area contributed by atoms with Crippen LogP contribution in [0.5, 0.6) is 0 Å². The van der Waals surface area contributed by atoms with Crippen molar-refractivity contribution in [3.63, 3.8) is 0 Å². The van der Waals surface area contributed by atoms with E-state index < -0.39 is 0 Å². The van der Waals surface area contributed by atoms with Crippen LogP contribution < -0.4 is 0 Å². The highest BCUT2D eigenvalue weighted by molar-refractivity contribution is 5.78. The van der Waals surface area contributed by atoms with Crippen molar-refractivity contribution < 1.29 is 9.90 Å². The summed E-state index contributed by atoms with van der Waals surface area (Å²) in [5, 5.41) is 10.2. The second kappa shape index (κ2) is 10.7. The van der Waals surface area contributed by atoms with E-state index in [-0.39, 0.29) is 30.5 Å². The molecule has 1 aromatic heterocycles. The van der Waals surface area contributed by atoms with Gasteiger partial charge in [0.15, 0.2) is 0 Å². The van der Waals surface area contributed by atoms with Gasteiger partial charge in [0.05, 0.1) is 13.0 Å². The fourth-order valence-corrected chi connectivity index (χ4v) is 6.00. The molecule has 5 rings (SSSR count). The quantitative estimate of drug-likeness (QED) is 0.713. The van der Waals surface area contributed by atoms with Crippen LogP contribution >= 0.6 is 0 Å². The van der Waals surface area contributed by atoms with Crippen LogP contribution in [0.15, 0.2) is 48.8 Å². The van der Waals surface area contributed by atoms with E-state index in [1.807, 2.05) is 17.0 Å². The van der Waals surface area contributed by atoms with Gasteiger partial charge in [-0.05, 0) is 61.6 Å². The molecule has 1 N–H and O–H groups in total. The third-order valence-corrected chi connectivity index (χ3v) is 7.87. The van der Waals surface area contributed by atoms with E-state index in [2.05, 4.69) is 46.0 Å². The van der Waals surface area contributed by atoms with E-state index in [1.54, 1.807) is 12.4 Å². The van der Waals surface area contributed by atoms with Crippen LogP contribution in [0.3, 0.4) is 0 Å². The Morgan fingerprint density at radius 1 is 1.06 bits per heavy atom. The Hall–Kier alpha value is -2.68. The zero-order valence-corrected chi connectivity index (χ0v) is 19.9. The Morgan fingerprint density at radius 3 is 2.59 bits per heavy atom. The molecule has 2 aromatic rings. The summed E-state index contributed by atoms with van der Waals surface area (Å²) < 4.78 is 0. The zero-order valence-electron chi connectivity index (χ0n) is 19.9. The molecule has 1 saturated carbocycles. The van der Waals surface area contributed by atoms with Crippen molar-refractivity contribution in [1.29, 1.82) is 0 Å². The first-order valence-corrected chi connectivity index (χ1v) is 12.9. The normalized spacial score (nSPS) is 25.4. The third kappa shape index (κ3) is 5.04. The van der Waals surface area contributed by atoms with Gasteiger partial charge in [-0.1, -0.05) is 42.9 Å². The summed E-state index contributed by atoms with van der Waals surface area (Å²) >= 11 is 0. The molecular formula is C29H35N3O2. The molecular weight excluding hydrogens is 422 g/mol. The van der Waals surface area contributed by atoms with E-state index in [9.17, 15) is 9.90 Å². The van der Waals surface area contributed by atoms with Gasteiger partial charge in [0.2, 0.25) is 5.91 Å². The molecule has 5 heteroatoms. The Labute approximate surface area is 203 Å². The molecule has 1 aromatic carbocycles. The van der Waals surface area contributed by atoms with E-state index in [0.717, 1.165) is 37.1 Å². The highest BCUT2D eigenvalue weighted by Crippen LogP contribution is 2.42. The largest absolute Gasteiger partial charge is 0.395 e. The molecule has 178 valence electrons. The number of carbonyl (C=O) groups is 1. The number of nitrogens with zero attached hydrogens (tertiary/aromatic N) is 3. The highest BCUT2D eigenvalue weighted by Gasteiger charge is 2.49. The van der Waals surface area contributed by atoms with Crippen molar-refractivity contribution in [2.75, 3.05) is 26.2 Å². The number of benzene rings is 1. The summed E-state index contributed by atoms with van der Waals surface area (Å²) in [6.07, 6.45) is 11.0. The van der Waals surface area contributed by atoms with Crippen molar-refractivity contribution >= 4 is 5.91 Å². The first-order valence-electron chi connectivity index (χ1n) is 12.9. The summed E-state index contributed by atoms with van der Waals surface area (Å²) in [7, 11) is 0. The number of rotatable bonds is 4. The maximum Gasteiger partial charge on any atom is 0.227 e. The summed E-state index contributed by atoms with van der Waals surface area (Å²) in [5.74, 6) is 7.77. The standard InChI is InChI=1S/C29H35N3O2/c33-21-27-29(25-13-11-23(12-14-25)10-9-22-6-1-2-7-22)26-20-31(16-3-4-17-32(26)27)28(34)18-24-8-5-15-30-19-24/h5,8,11-15,19,22,26-27,29,33H,1-4,6-7,16-18,20-21H2/t26-,27+,29-/m1/s1. The minimum atomic E-state index is 0.119. The Morgan fingerprint density at radius 2 is 1.85 bits per heavy atom. The van der Waals surface area contributed by atoms with Gasteiger partial charge in [-0.15, -0.1) is 0 Å². The van der Waals surface area contributed by atoms with Crippen molar-refractivity contribution in [1.82, 2.24) is 14.8 Å². The van der Waals surface area contributed by atoms with Crippen molar-refractivity contribution in [2.45, 2.75) is 62.9 Å². The van der Waals surface area contributed by atoms with Crippen LogP contribution in [-0.4, -0.2) is 64.1 Å². The number of aliphatic hydroxyl groups is 1. The zero-order chi connectivity index (χ0) is 23.3. The van der Waals surface area contributed by atoms with Gasteiger partial charge in [-0.2, -0.15) is 0 Å². The van der Waals surface area contributed by atoms with Gasteiger partial charge in [0.1, 0.15) is 0 Å². The number of aliphatic hydroxyl groups excluding tert-OH is 1. The van der Waals surface area contributed by atoms with Crippen LogP contribution in [0.2, 0.25) is 0 Å². The highest BCUT2D eigenvalue weighted by atomic mass is 16.3. The van der Waals surface area contributed by atoms with Gasteiger partial charge < -0.3 is 10.0 Å². The Balaban J connectivity index is 1.30. The summed E-state index contributed by atoms with van der Waals surface area (Å²) in [4.78, 5) is 21.7. The van der Waals surface area contributed by atoms with Crippen molar-refractivity contribution in [3.8, 4) is 11.8 Å². The predicted octanol–water partition coefficient (Wildman–Crippen LogP) is 3.62. The van der Waals surface area contributed by atoms with Crippen LogP contribution in [0.4, 0.5) is 0 Å². The van der Waals surface area contributed by atoms with Gasteiger partial charge >= 0.3 is 0 Å². The lowest BCUT2D eigenvalue weighted by Gasteiger charge is -2.57. The fraction of sp³-hybridized carbons (Fsp3) is 0.517. The molecule has 5 nitrogen and oxygen atoms in total. The molecule has 1 aliphatic carbocycles. The molecule has 0 unspecified atom stereocenters. The van der Waals surface area contributed by atoms with Gasteiger partial charge in [-0.3, -0.25) is 14.7 Å². The first kappa shape index (κ1) is 23.1. The van der Waals surface area contributed by atoms with Crippen LogP contribution in [-0.2, 0) is 11.2 Å². The molecule has 0 radical (unpaired) electrons. The van der Waals surface area contributed by atoms with E-state index in [4.69, 9.17) is 0 Å². The number of hydrogen-bond donors (Lipinski definition) is 1. The molecule has 3 heterocycles. The maximum absolute atomic E-state index is 13.1. The third-order valence-electron chi connectivity index (χ3n) is 7.87. The molecule has 1 amide bonds. The number of pyridine rings is 1. The number of carbonyl (C=O) groups excluding carboxylic acids is 1. The van der Waals surface area contributed by atoms with Crippen LogP contribution in [0, 0.1) is 17.8 Å². The lowest BCUT2D eigenvalue weighted by molar-refractivity contribution is -0.135. The van der Waals surface area contributed by atoms with Crippen LogP contribution in [0.25, 0.3) is 0 Å². The maximum atomic E-state index is 13.1. The summed E-state index contributed by atoms with van der Waals surface area (Å²) in [6, 6.07) is 12.8. The molecule has 2 saturated heterocycles. The molecule has 0 bridgehead atoms. The monoisotopic (exact) mass is 457 g/mol. The number of amides is 1. The molecule has 3 atom stereocenters. The van der Waals surface area contributed by atoms with E-state index >= 15 is 0 Å². The fourth-order valence-electron chi connectivity index (χ4n) is 6.00.